The fraction of sp³-hybridized carbons (Fsp3) is 0.306. The third kappa shape index (κ3) is 6.80. The van der Waals surface area contributed by atoms with E-state index >= 15 is 0 Å². The van der Waals surface area contributed by atoms with Crippen molar-refractivity contribution in [1.29, 1.82) is 0 Å². The summed E-state index contributed by atoms with van der Waals surface area (Å²) in [4.78, 5) is 20.2. The highest BCUT2D eigenvalue weighted by atomic mass is 35.5. The van der Waals surface area contributed by atoms with Crippen molar-refractivity contribution in [2.24, 2.45) is 5.92 Å². The van der Waals surface area contributed by atoms with Crippen LogP contribution in [0.25, 0.3) is 15.1 Å². The van der Waals surface area contributed by atoms with Crippen LogP contribution in [0.5, 0.6) is 5.75 Å². The van der Waals surface area contributed by atoms with Crippen LogP contribution in [0.15, 0.2) is 73.1 Å². The SMILES string of the molecule is [C-]#[N+]c1ccc(N2CCN(CCC3CCc4c(sc5ncnc(Nc6ccc(OCc7cccc(F)c7)c(Cl)c6)c45)C3)CC2)cc1. The molecule has 2 aromatic heterocycles. The molecule has 234 valence electrons. The number of hydrogen-bond acceptors (Lipinski definition) is 7. The molecule has 1 aliphatic heterocycles. The van der Waals surface area contributed by atoms with Gasteiger partial charge in [0.05, 0.1) is 17.0 Å². The Labute approximate surface area is 277 Å². The van der Waals surface area contributed by atoms with Gasteiger partial charge in [-0.2, -0.15) is 0 Å². The van der Waals surface area contributed by atoms with Gasteiger partial charge in [-0.3, -0.25) is 4.90 Å². The van der Waals surface area contributed by atoms with E-state index < -0.39 is 0 Å². The number of nitrogens with zero attached hydrogens (tertiary/aromatic N) is 5. The Kier molecular flexibility index (Phi) is 9.02. The van der Waals surface area contributed by atoms with Gasteiger partial charge < -0.3 is 15.0 Å². The van der Waals surface area contributed by atoms with E-state index in [4.69, 9.17) is 22.9 Å². The van der Waals surface area contributed by atoms with E-state index in [9.17, 15) is 4.39 Å². The van der Waals surface area contributed by atoms with Crippen molar-refractivity contribution in [3.05, 3.63) is 111 Å². The zero-order valence-corrected chi connectivity index (χ0v) is 27.0. The normalized spacial score (nSPS) is 16.6. The van der Waals surface area contributed by atoms with Crippen molar-refractivity contribution in [3.63, 3.8) is 0 Å². The second-order valence-electron chi connectivity index (χ2n) is 11.9. The molecule has 5 aromatic rings. The predicted octanol–water partition coefficient (Wildman–Crippen LogP) is 8.67. The number of benzene rings is 3. The first kappa shape index (κ1) is 30.4. The number of nitrogens with one attached hydrogen (secondary N) is 1. The molecule has 2 aliphatic rings. The number of ether oxygens (including phenoxy) is 1. The molecular formula is C36H34ClFN6OS. The van der Waals surface area contributed by atoms with Gasteiger partial charge in [-0.25, -0.2) is 19.2 Å². The summed E-state index contributed by atoms with van der Waals surface area (Å²) in [5.74, 6) is 1.72. The van der Waals surface area contributed by atoms with Crippen molar-refractivity contribution < 1.29 is 9.13 Å². The summed E-state index contributed by atoms with van der Waals surface area (Å²) in [5, 5.41) is 5.06. The lowest BCUT2D eigenvalue weighted by Crippen LogP contribution is -2.47. The van der Waals surface area contributed by atoms with Crippen molar-refractivity contribution in [1.82, 2.24) is 14.9 Å². The smallest absolute Gasteiger partial charge is 0.187 e. The van der Waals surface area contributed by atoms with E-state index in [1.165, 1.54) is 41.1 Å². The minimum Gasteiger partial charge on any atom is -0.487 e. The Bertz CT molecular complexity index is 1880. The van der Waals surface area contributed by atoms with Gasteiger partial charge in [0.15, 0.2) is 5.69 Å². The third-order valence-corrected chi connectivity index (χ3v) is 10.5. The molecule has 10 heteroatoms. The summed E-state index contributed by atoms with van der Waals surface area (Å²) in [7, 11) is 0. The number of anilines is 3. The van der Waals surface area contributed by atoms with Crippen molar-refractivity contribution in [2.75, 3.05) is 42.9 Å². The monoisotopic (exact) mass is 652 g/mol. The molecule has 0 radical (unpaired) electrons. The number of rotatable bonds is 9. The van der Waals surface area contributed by atoms with Gasteiger partial charge in [0.25, 0.3) is 0 Å². The van der Waals surface area contributed by atoms with E-state index in [0.29, 0.717) is 22.4 Å². The molecule has 1 fully saturated rings. The molecule has 1 unspecified atom stereocenters. The standard InChI is InChI=1S/C36H34ClFN6OS/c1-39-27-6-9-29(10-7-27)44-17-15-43(16-18-44)14-13-24-5-11-30-33(20-24)46-36-34(30)35(40-23-41-36)42-28-8-12-32(31(37)21-28)45-22-25-3-2-4-26(38)19-25/h2-4,6-10,12,19,21,23-24H,5,11,13-18,20,22H2,(H,40,41,42). The van der Waals surface area contributed by atoms with Crippen LogP contribution in [0.4, 0.5) is 27.3 Å². The van der Waals surface area contributed by atoms with Crippen LogP contribution in [0.2, 0.25) is 5.02 Å². The fourth-order valence-electron chi connectivity index (χ4n) is 6.47. The molecular weight excluding hydrogens is 619 g/mol. The fourth-order valence-corrected chi connectivity index (χ4v) is 8.01. The predicted molar refractivity (Wildman–Crippen MR) is 184 cm³/mol. The number of hydrogen-bond donors (Lipinski definition) is 1. The summed E-state index contributed by atoms with van der Waals surface area (Å²) >= 11 is 8.37. The molecule has 0 saturated carbocycles. The Morgan fingerprint density at radius 1 is 1.04 bits per heavy atom. The first-order chi connectivity index (χ1) is 22.5. The van der Waals surface area contributed by atoms with Crippen LogP contribution >= 0.6 is 22.9 Å². The molecule has 1 atom stereocenters. The van der Waals surface area contributed by atoms with Crippen LogP contribution in [0.3, 0.4) is 0 Å². The second kappa shape index (κ2) is 13.6. The molecule has 0 spiro atoms. The van der Waals surface area contributed by atoms with E-state index in [1.807, 2.05) is 36.4 Å². The minimum atomic E-state index is -0.290. The number of aryl methyl sites for hydroxylation is 1. The van der Waals surface area contributed by atoms with Gasteiger partial charge in [0.2, 0.25) is 0 Å². The van der Waals surface area contributed by atoms with Crippen LogP contribution in [0.1, 0.15) is 28.8 Å². The lowest BCUT2D eigenvalue weighted by molar-refractivity contribution is 0.233. The van der Waals surface area contributed by atoms with Crippen LogP contribution < -0.4 is 15.0 Å². The maximum atomic E-state index is 13.5. The summed E-state index contributed by atoms with van der Waals surface area (Å²) in [6.45, 7) is 12.7. The number of aromatic nitrogens is 2. The second-order valence-corrected chi connectivity index (χ2v) is 13.4. The average Bonchev–Trinajstić information content (AvgIpc) is 3.46. The molecule has 7 rings (SSSR count). The average molecular weight is 653 g/mol. The topological polar surface area (TPSA) is 57.9 Å². The van der Waals surface area contributed by atoms with Crippen LogP contribution in [-0.4, -0.2) is 47.6 Å². The summed E-state index contributed by atoms with van der Waals surface area (Å²) in [5.41, 5.74) is 4.83. The Morgan fingerprint density at radius 3 is 2.67 bits per heavy atom. The van der Waals surface area contributed by atoms with Gasteiger partial charge in [-0.05, 0) is 91.7 Å². The van der Waals surface area contributed by atoms with Gasteiger partial charge in [-0.1, -0.05) is 35.9 Å². The van der Waals surface area contributed by atoms with Gasteiger partial charge >= 0.3 is 0 Å². The zero-order valence-electron chi connectivity index (χ0n) is 25.4. The highest BCUT2D eigenvalue weighted by Gasteiger charge is 2.26. The van der Waals surface area contributed by atoms with Gasteiger partial charge in [0.1, 0.15) is 35.1 Å². The molecule has 7 nitrogen and oxygen atoms in total. The molecule has 0 bridgehead atoms. The highest BCUT2D eigenvalue weighted by molar-refractivity contribution is 7.19. The van der Waals surface area contributed by atoms with E-state index in [2.05, 4.69) is 42.1 Å². The molecule has 46 heavy (non-hydrogen) atoms. The zero-order chi connectivity index (χ0) is 31.5. The Morgan fingerprint density at radius 2 is 1.89 bits per heavy atom. The maximum Gasteiger partial charge on any atom is 0.187 e. The number of fused-ring (bicyclic) bond motifs is 3. The van der Waals surface area contributed by atoms with E-state index in [-0.39, 0.29) is 12.4 Å². The van der Waals surface area contributed by atoms with Crippen molar-refractivity contribution in [3.8, 4) is 5.75 Å². The summed E-state index contributed by atoms with van der Waals surface area (Å²) < 4.78 is 19.4. The molecule has 1 saturated heterocycles. The Hall–Kier alpha value is -4.23. The lowest BCUT2D eigenvalue weighted by atomic mass is 9.85. The first-order valence-corrected chi connectivity index (χ1v) is 16.9. The van der Waals surface area contributed by atoms with Crippen molar-refractivity contribution in [2.45, 2.75) is 32.3 Å². The number of piperazine rings is 1. The van der Waals surface area contributed by atoms with Gasteiger partial charge in [0, 0.05) is 42.4 Å². The molecule has 0 amide bonds. The number of halogens is 2. The number of thiophene rings is 1. The minimum absolute atomic E-state index is 0.232. The summed E-state index contributed by atoms with van der Waals surface area (Å²) in [6, 6.07) is 19.9. The quantitative estimate of drug-likeness (QED) is 0.161. The van der Waals surface area contributed by atoms with Crippen LogP contribution in [0, 0.1) is 18.3 Å². The van der Waals surface area contributed by atoms with Gasteiger partial charge in [-0.15, -0.1) is 11.3 Å². The summed E-state index contributed by atoms with van der Waals surface area (Å²) in [6.07, 6.45) is 6.12. The largest absolute Gasteiger partial charge is 0.487 e. The van der Waals surface area contributed by atoms with Crippen molar-refractivity contribution >= 4 is 56.0 Å². The first-order valence-electron chi connectivity index (χ1n) is 15.7. The highest BCUT2D eigenvalue weighted by Crippen LogP contribution is 2.41. The molecule has 3 aromatic carbocycles. The lowest BCUT2D eigenvalue weighted by Gasteiger charge is -2.37. The Balaban J connectivity index is 0.953. The molecule has 1 aliphatic carbocycles. The molecule has 1 N–H and O–H groups in total. The van der Waals surface area contributed by atoms with Crippen LogP contribution in [-0.2, 0) is 19.4 Å². The third-order valence-electron chi connectivity index (χ3n) is 9.00. The van der Waals surface area contributed by atoms with E-state index in [1.54, 1.807) is 23.7 Å². The maximum absolute atomic E-state index is 13.5. The van der Waals surface area contributed by atoms with E-state index in [0.717, 1.165) is 72.9 Å². The molecule has 3 heterocycles.